The standard InChI is InChI=1S/C19H21NO4/c1-3-19(18(22)23,15-10-5-4-6-11-15)20-17(21)13-14-9-7-8-12-16(14)24-2/h4-12H,3,13H2,1-2H3,(H,20,21)(H,22,23). The largest absolute Gasteiger partial charge is 0.496 e. The van der Waals surface area contributed by atoms with Crippen LogP contribution in [0.25, 0.3) is 0 Å². The molecule has 2 rings (SSSR count). The number of amides is 1. The Labute approximate surface area is 141 Å². The lowest BCUT2D eigenvalue weighted by atomic mass is 9.87. The first-order valence-electron chi connectivity index (χ1n) is 7.75. The van der Waals surface area contributed by atoms with E-state index in [0.29, 0.717) is 16.9 Å². The Kier molecular flexibility index (Phi) is 5.58. The summed E-state index contributed by atoms with van der Waals surface area (Å²) in [5.74, 6) is -0.845. The molecule has 126 valence electrons. The van der Waals surface area contributed by atoms with E-state index < -0.39 is 11.5 Å². The highest BCUT2D eigenvalue weighted by Gasteiger charge is 2.40. The van der Waals surface area contributed by atoms with Crippen molar-refractivity contribution >= 4 is 11.9 Å². The minimum Gasteiger partial charge on any atom is -0.496 e. The van der Waals surface area contributed by atoms with Crippen molar-refractivity contribution in [1.29, 1.82) is 0 Å². The third kappa shape index (κ3) is 3.56. The summed E-state index contributed by atoms with van der Waals surface area (Å²) in [4.78, 5) is 24.4. The second-order valence-corrected chi connectivity index (χ2v) is 5.47. The van der Waals surface area contributed by atoms with E-state index in [-0.39, 0.29) is 18.7 Å². The lowest BCUT2D eigenvalue weighted by molar-refractivity contribution is -0.148. The van der Waals surface area contributed by atoms with E-state index in [2.05, 4.69) is 5.32 Å². The van der Waals surface area contributed by atoms with Gasteiger partial charge in [0, 0.05) is 5.56 Å². The molecule has 0 saturated carbocycles. The summed E-state index contributed by atoms with van der Waals surface area (Å²) in [6.45, 7) is 1.74. The number of carbonyl (C=O) groups excluding carboxylic acids is 1. The van der Waals surface area contributed by atoms with Gasteiger partial charge in [-0.1, -0.05) is 55.5 Å². The van der Waals surface area contributed by atoms with Crippen LogP contribution in [0.3, 0.4) is 0 Å². The molecular formula is C19H21NO4. The fourth-order valence-corrected chi connectivity index (χ4v) is 2.72. The smallest absolute Gasteiger partial charge is 0.334 e. The molecule has 0 fully saturated rings. The van der Waals surface area contributed by atoms with Crippen molar-refractivity contribution in [3.8, 4) is 5.75 Å². The fourth-order valence-electron chi connectivity index (χ4n) is 2.72. The van der Waals surface area contributed by atoms with Gasteiger partial charge in [0.15, 0.2) is 5.54 Å². The van der Waals surface area contributed by atoms with E-state index in [9.17, 15) is 14.7 Å². The van der Waals surface area contributed by atoms with E-state index in [1.54, 1.807) is 43.3 Å². The van der Waals surface area contributed by atoms with Crippen LogP contribution in [0, 0.1) is 0 Å². The van der Waals surface area contributed by atoms with Crippen LogP contribution in [0.15, 0.2) is 54.6 Å². The highest BCUT2D eigenvalue weighted by atomic mass is 16.5. The molecule has 0 spiro atoms. The second kappa shape index (κ2) is 7.64. The predicted molar refractivity (Wildman–Crippen MR) is 90.9 cm³/mol. The molecule has 0 bridgehead atoms. The summed E-state index contributed by atoms with van der Waals surface area (Å²) >= 11 is 0. The number of methoxy groups -OCH3 is 1. The van der Waals surface area contributed by atoms with Gasteiger partial charge in [0.05, 0.1) is 13.5 Å². The Morgan fingerprint density at radius 2 is 1.71 bits per heavy atom. The molecule has 24 heavy (non-hydrogen) atoms. The lowest BCUT2D eigenvalue weighted by Crippen LogP contribution is -2.52. The molecule has 2 aromatic carbocycles. The van der Waals surface area contributed by atoms with Crippen molar-refractivity contribution < 1.29 is 19.4 Å². The second-order valence-electron chi connectivity index (χ2n) is 5.47. The van der Waals surface area contributed by atoms with E-state index in [1.807, 2.05) is 18.2 Å². The average Bonchev–Trinajstić information content (AvgIpc) is 2.60. The zero-order valence-corrected chi connectivity index (χ0v) is 13.8. The monoisotopic (exact) mass is 327 g/mol. The molecule has 1 unspecified atom stereocenters. The molecule has 1 amide bonds. The maximum atomic E-state index is 12.5. The highest BCUT2D eigenvalue weighted by Crippen LogP contribution is 2.26. The number of carboxylic acid groups (broad SMARTS) is 1. The van der Waals surface area contributed by atoms with Gasteiger partial charge in [-0.25, -0.2) is 4.79 Å². The van der Waals surface area contributed by atoms with Crippen molar-refractivity contribution in [3.63, 3.8) is 0 Å². The van der Waals surface area contributed by atoms with Crippen molar-refractivity contribution in [2.45, 2.75) is 25.3 Å². The Morgan fingerprint density at radius 3 is 2.29 bits per heavy atom. The van der Waals surface area contributed by atoms with Gasteiger partial charge in [-0.2, -0.15) is 0 Å². The summed E-state index contributed by atoms with van der Waals surface area (Å²) in [7, 11) is 1.54. The van der Waals surface area contributed by atoms with Crippen molar-refractivity contribution in [2.24, 2.45) is 0 Å². The third-order valence-corrected chi connectivity index (χ3v) is 4.06. The number of carbonyl (C=O) groups is 2. The summed E-state index contributed by atoms with van der Waals surface area (Å²) in [6.07, 6.45) is 0.288. The van der Waals surface area contributed by atoms with Crippen molar-refractivity contribution in [1.82, 2.24) is 5.32 Å². The maximum Gasteiger partial charge on any atom is 0.334 e. The number of aliphatic carboxylic acids is 1. The van der Waals surface area contributed by atoms with E-state index in [4.69, 9.17) is 4.74 Å². The van der Waals surface area contributed by atoms with Gasteiger partial charge in [-0.05, 0) is 18.1 Å². The number of hydrogen-bond acceptors (Lipinski definition) is 3. The molecule has 0 saturated heterocycles. The van der Waals surface area contributed by atoms with Crippen LogP contribution >= 0.6 is 0 Å². The minimum atomic E-state index is -1.44. The van der Waals surface area contributed by atoms with Crippen LogP contribution in [-0.4, -0.2) is 24.1 Å². The Bertz CT molecular complexity index is 714. The molecule has 2 aromatic rings. The molecule has 5 heteroatoms. The Balaban J connectivity index is 2.27. The molecule has 0 aliphatic carbocycles. The Morgan fingerprint density at radius 1 is 1.08 bits per heavy atom. The molecular weight excluding hydrogens is 306 g/mol. The van der Waals surface area contributed by atoms with Gasteiger partial charge in [-0.3, -0.25) is 4.79 Å². The molecule has 2 N–H and O–H groups in total. The number of carboxylic acids is 1. The number of ether oxygens (including phenoxy) is 1. The van der Waals surface area contributed by atoms with E-state index in [0.717, 1.165) is 0 Å². The van der Waals surface area contributed by atoms with Crippen LogP contribution in [0.4, 0.5) is 0 Å². The number of para-hydroxylation sites is 1. The zero-order chi connectivity index (χ0) is 17.6. The van der Waals surface area contributed by atoms with Gasteiger partial charge in [0.25, 0.3) is 0 Å². The predicted octanol–water partition coefficient (Wildman–Crippen LogP) is 2.74. The average molecular weight is 327 g/mol. The maximum absolute atomic E-state index is 12.5. The number of hydrogen-bond donors (Lipinski definition) is 2. The third-order valence-electron chi connectivity index (χ3n) is 4.06. The van der Waals surface area contributed by atoms with Gasteiger partial charge >= 0.3 is 5.97 Å². The summed E-state index contributed by atoms with van der Waals surface area (Å²) < 4.78 is 5.24. The quantitative estimate of drug-likeness (QED) is 0.820. The summed E-state index contributed by atoms with van der Waals surface area (Å²) in [5, 5.41) is 12.5. The van der Waals surface area contributed by atoms with Gasteiger partial charge in [0.2, 0.25) is 5.91 Å². The van der Waals surface area contributed by atoms with Crippen LogP contribution in [0.2, 0.25) is 0 Å². The van der Waals surface area contributed by atoms with Gasteiger partial charge in [-0.15, -0.1) is 0 Å². The molecule has 0 aliphatic heterocycles. The first-order chi connectivity index (χ1) is 11.5. The van der Waals surface area contributed by atoms with Crippen molar-refractivity contribution in [3.05, 3.63) is 65.7 Å². The van der Waals surface area contributed by atoms with Gasteiger partial charge in [0.1, 0.15) is 5.75 Å². The number of nitrogens with one attached hydrogen (secondary N) is 1. The van der Waals surface area contributed by atoms with Crippen LogP contribution < -0.4 is 10.1 Å². The number of rotatable bonds is 7. The topological polar surface area (TPSA) is 75.6 Å². The van der Waals surface area contributed by atoms with Crippen LogP contribution in [0.1, 0.15) is 24.5 Å². The fraction of sp³-hybridized carbons (Fsp3) is 0.263. The molecule has 5 nitrogen and oxygen atoms in total. The molecule has 0 aromatic heterocycles. The van der Waals surface area contributed by atoms with E-state index in [1.165, 1.54) is 7.11 Å². The van der Waals surface area contributed by atoms with Crippen LogP contribution in [-0.2, 0) is 21.5 Å². The summed E-state index contributed by atoms with van der Waals surface area (Å²) in [5.41, 5.74) is -0.185. The highest BCUT2D eigenvalue weighted by molar-refractivity contribution is 5.89. The minimum absolute atomic E-state index is 0.0475. The van der Waals surface area contributed by atoms with Crippen molar-refractivity contribution in [2.75, 3.05) is 7.11 Å². The zero-order valence-electron chi connectivity index (χ0n) is 13.8. The Hall–Kier alpha value is -2.82. The normalized spacial score (nSPS) is 12.9. The van der Waals surface area contributed by atoms with Crippen LogP contribution in [0.5, 0.6) is 5.75 Å². The number of benzene rings is 2. The molecule has 1 atom stereocenters. The SMILES string of the molecule is CCC(NC(=O)Cc1ccccc1OC)(C(=O)O)c1ccccc1. The molecule has 0 heterocycles. The first kappa shape index (κ1) is 17.5. The summed E-state index contributed by atoms with van der Waals surface area (Å²) in [6, 6.07) is 15.9. The molecule has 0 radical (unpaired) electrons. The first-order valence-corrected chi connectivity index (χ1v) is 7.75. The van der Waals surface area contributed by atoms with Gasteiger partial charge < -0.3 is 15.2 Å². The lowest BCUT2D eigenvalue weighted by Gasteiger charge is -2.30. The molecule has 0 aliphatic rings. The van der Waals surface area contributed by atoms with E-state index >= 15 is 0 Å².